The topological polar surface area (TPSA) is 61.7 Å². The van der Waals surface area contributed by atoms with Gasteiger partial charge in [0.25, 0.3) is 0 Å². The zero-order valence-corrected chi connectivity index (χ0v) is 31.5. The Hall–Kier alpha value is -8.09. The molecule has 59 heavy (non-hydrogen) atoms. The van der Waals surface area contributed by atoms with Crippen LogP contribution < -0.4 is 0 Å². The molecular formula is C53H31N5O. The predicted molar refractivity (Wildman–Crippen MR) is 242 cm³/mol. The standard InChI is InChI=1S/C53H31N5O/c1-2-14-33-29-36(26-25-32(33)13-1)51-54-52(56-53(55-51)58-44-22-10-5-17-37(44)38-18-6-11-23-45(38)58)41-27-28-48-49(40-20-8-12-24-47(40)59-48)50(41)57-43-21-9-7-19-39(43)42-30-34-15-3-4-16-35(34)31-46(42)57/h1-31H. The highest BCUT2D eigenvalue weighted by molar-refractivity contribution is 6.18. The summed E-state index contributed by atoms with van der Waals surface area (Å²) in [7, 11) is 0. The first-order valence-electron chi connectivity index (χ1n) is 19.9. The van der Waals surface area contributed by atoms with Gasteiger partial charge in [0.15, 0.2) is 11.6 Å². The molecule has 0 aliphatic carbocycles. The molecule has 6 nitrogen and oxygen atoms in total. The van der Waals surface area contributed by atoms with Crippen LogP contribution in [0.2, 0.25) is 0 Å². The Bertz CT molecular complexity index is 3820. The van der Waals surface area contributed by atoms with Crippen LogP contribution in [0, 0.1) is 0 Å². The summed E-state index contributed by atoms with van der Waals surface area (Å²) in [5.41, 5.74) is 8.59. The number of nitrogens with zero attached hydrogens (tertiary/aromatic N) is 5. The van der Waals surface area contributed by atoms with E-state index in [-0.39, 0.29) is 0 Å². The van der Waals surface area contributed by atoms with Crippen LogP contribution in [0.1, 0.15) is 0 Å². The molecule has 13 aromatic rings. The summed E-state index contributed by atoms with van der Waals surface area (Å²) < 4.78 is 11.2. The molecule has 274 valence electrons. The van der Waals surface area contributed by atoms with Gasteiger partial charge in [0.05, 0.1) is 33.1 Å². The smallest absolute Gasteiger partial charge is 0.238 e. The van der Waals surface area contributed by atoms with Gasteiger partial charge in [-0.25, -0.2) is 4.98 Å². The van der Waals surface area contributed by atoms with Crippen LogP contribution in [0.25, 0.3) is 122 Å². The first-order chi connectivity index (χ1) is 29.2. The van der Waals surface area contributed by atoms with Crippen molar-refractivity contribution in [2.75, 3.05) is 0 Å². The summed E-state index contributed by atoms with van der Waals surface area (Å²) in [4.78, 5) is 16.2. The zero-order chi connectivity index (χ0) is 38.6. The second-order valence-corrected chi connectivity index (χ2v) is 15.2. The lowest BCUT2D eigenvalue weighted by Gasteiger charge is -2.17. The molecule has 0 fully saturated rings. The minimum Gasteiger partial charge on any atom is -0.456 e. The van der Waals surface area contributed by atoms with Gasteiger partial charge < -0.3 is 8.98 Å². The molecule has 0 saturated heterocycles. The summed E-state index contributed by atoms with van der Waals surface area (Å²) >= 11 is 0. The summed E-state index contributed by atoms with van der Waals surface area (Å²) in [6, 6.07) is 66.2. The highest BCUT2D eigenvalue weighted by Crippen LogP contribution is 2.44. The van der Waals surface area contributed by atoms with Crippen molar-refractivity contribution in [2.45, 2.75) is 0 Å². The first kappa shape index (κ1) is 32.0. The third-order valence-electron chi connectivity index (χ3n) is 11.9. The number of rotatable bonds is 4. The number of aromatic nitrogens is 5. The second kappa shape index (κ2) is 12.2. The van der Waals surface area contributed by atoms with Crippen molar-refractivity contribution >= 4 is 87.1 Å². The van der Waals surface area contributed by atoms with Crippen LogP contribution in [0.5, 0.6) is 0 Å². The molecule has 0 spiro atoms. The van der Waals surface area contributed by atoms with Gasteiger partial charge in [0.1, 0.15) is 11.2 Å². The van der Waals surface area contributed by atoms with Crippen molar-refractivity contribution in [3.63, 3.8) is 0 Å². The lowest BCUT2D eigenvalue weighted by molar-refractivity contribution is 0.669. The van der Waals surface area contributed by atoms with Gasteiger partial charge in [0, 0.05) is 38.1 Å². The van der Waals surface area contributed by atoms with Crippen molar-refractivity contribution in [3.05, 3.63) is 188 Å². The van der Waals surface area contributed by atoms with E-state index in [2.05, 4.69) is 185 Å². The largest absolute Gasteiger partial charge is 0.456 e. The van der Waals surface area contributed by atoms with Crippen LogP contribution in [-0.2, 0) is 0 Å². The molecule has 0 saturated carbocycles. The predicted octanol–water partition coefficient (Wildman–Crippen LogP) is 13.6. The molecule has 0 N–H and O–H groups in total. The van der Waals surface area contributed by atoms with E-state index in [1.165, 1.54) is 21.5 Å². The summed E-state index contributed by atoms with van der Waals surface area (Å²) in [5.74, 6) is 1.70. The molecular weight excluding hydrogens is 723 g/mol. The van der Waals surface area contributed by atoms with E-state index in [9.17, 15) is 0 Å². The highest BCUT2D eigenvalue weighted by Gasteiger charge is 2.25. The fourth-order valence-electron chi connectivity index (χ4n) is 9.29. The van der Waals surface area contributed by atoms with E-state index in [1.807, 2.05) is 12.1 Å². The highest BCUT2D eigenvalue weighted by atomic mass is 16.3. The van der Waals surface area contributed by atoms with Gasteiger partial charge in [-0.3, -0.25) is 4.57 Å². The molecule has 0 aliphatic rings. The number of furan rings is 1. The molecule has 0 amide bonds. The van der Waals surface area contributed by atoms with Gasteiger partial charge in [-0.15, -0.1) is 0 Å². The average molecular weight is 754 g/mol. The molecule has 13 rings (SSSR count). The minimum absolute atomic E-state index is 0.548. The second-order valence-electron chi connectivity index (χ2n) is 15.2. The molecule has 0 atom stereocenters. The fraction of sp³-hybridized carbons (Fsp3) is 0. The average Bonchev–Trinajstić information content (AvgIpc) is 3.95. The molecule has 4 heterocycles. The third kappa shape index (κ3) is 4.71. The third-order valence-corrected chi connectivity index (χ3v) is 11.9. The minimum atomic E-state index is 0.548. The molecule has 9 aromatic carbocycles. The molecule has 0 bridgehead atoms. The van der Waals surface area contributed by atoms with Gasteiger partial charge in [-0.05, 0) is 76.1 Å². The summed E-state index contributed by atoms with van der Waals surface area (Å²) in [6.07, 6.45) is 0. The van der Waals surface area contributed by atoms with Crippen LogP contribution in [0.15, 0.2) is 192 Å². The van der Waals surface area contributed by atoms with Crippen LogP contribution in [0.4, 0.5) is 0 Å². The van der Waals surface area contributed by atoms with E-state index in [0.717, 1.165) is 82.4 Å². The maximum Gasteiger partial charge on any atom is 0.238 e. The number of benzene rings is 9. The van der Waals surface area contributed by atoms with E-state index in [0.29, 0.717) is 17.6 Å². The van der Waals surface area contributed by atoms with Crippen LogP contribution in [0.3, 0.4) is 0 Å². The first-order valence-corrected chi connectivity index (χ1v) is 19.9. The van der Waals surface area contributed by atoms with E-state index >= 15 is 0 Å². The number of hydrogen-bond donors (Lipinski definition) is 0. The Morgan fingerprint density at radius 3 is 1.64 bits per heavy atom. The Balaban J connectivity index is 1.19. The molecule has 0 unspecified atom stereocenters. The number of para-hydroxylation sites is 4. The van der Waals surface area contributed by atoms with Gasteiger partial charge >= 0.3 is 0 Å². The lowest BCUT2D eigenvalue weighted by Crippen LogP contribution is -2.08. The SMILES string of the molecule is c1ccc2cc(-c3nc(-c4ccc5oc6ccccc6c5c4-n4c5ccccc5c5cc6ccccc6cc54)nc(-n4c5ccccc5c5ccccc54)n3)ccc2c1. The normalized spacial score (nSPS) is 12.1. The fourth-order valence-corrected chi connectivity index (χ4v) is 9.29. The van der Waals surface area contributed by atoms with E-state index in [1.54, 1.807) is 0 Å². The molecule has 6 heteroatoms. The Labute approximate surface area is 336 Å². The van der Waals surface area contributed by atoms with Crippen molar-refractivity contribution < 1.29 is 4.42 Å². The maximum atomic E-state index is 6.62. The van der Waals surface area contributed by atoms with E-state index < -0.39 is 0 Å². The van der Waals surface area contributed by atoms with Crippen molar-refractivity contribution in [1.29, 1.82) is 0 Å². The molecule has 0 aliphatic heterocycles. The van der Waals surface area contributed by atoms with Crippen LogP contribution in [-0.4, -0.2) is 24.1 Å². The quantitative estimate of drug-likeness (QED) is 0.180. The van der Waals surface area contributed by atoms with Crippen molar-refractivity contribution in [3.8, 4) is 34.4 Å². The summed E-state index contributed by atoms with van der Waals surface area (Å²) in [6.45, 7) is 0. The van der Waals surface area contributed by atoms with E-state index in [4.69, 9.17) is 19.4 Å². The number of hydrogen-bond acceptors (Lipinski definition) is 4. The Morgan fingerprint density at radius 2 is 0.915 bits per heavy atom. The van der Waals surface area contributed by atoms with Crippen molar-refractivity contribution in [2.24, 2.45) is 0 Å². The van der Waals surface area contributed by atoms with Gasteiger partial charge in [-0.2, -0.15) is 9.97 Å². The van der Waals surface area contributed by atoms with Gasteiger partial charge in [0.2, 0.25) is 5.95 Å². The van der Waals surface area contributed by atoms with Crippen molar-refractivity contribution in [1.82, 2.24) is 24.1 Å². The Morgan fingerprint density at radius 1 is 0.356 bits per heavy atom. The number of fused-ring (bicyclic) bond motifs is 11. The zero-order valence-electron chi connectivity index (χ0n) is 31.5. The van der Waals surface area contributed by atoms with Gasteiger partial charge in [-0.1, -0.05) is 133 Å². The Kier molecular flexibility index (Phi) is 6.63. The molecule has 0 radical (unpaired) electrons. The lowest BCUT2D eigenvalue weighted by atomic mass is 10.0. The monoisotopic (exact) mass is 753 g/mol. The van der Waals surface area contributed by atoms with Crippen LogP contribution >= 0.6 is 0 Å². The summed E-state index contributed by atoms with van der Waals surface area (Å²) in [5, 5.41) is 11.3. The molecule has 4 aromatic heterocycles. The maximum absolute atomic E-state index is 6.62.